The van der Waals surface area contributed by atoms with Crippen LogP contribution in [0.5, 0.6) is 0 Å². The number of thiophene rings is 2. The van der Waals surface area contributed by atoms with E-state index in [1.165, 1.54) is 71.0 Å². The minimum absolute atomic E-state index is 0.0995. The monoisotopic (exact) mass is 954 g/mol. The normalized spacial score (nSPS) is 19.7. The lowest BCUT2D eigenvalue weighted by Gasteiger charge is -2.22. The zero-order chi connectivity index (χ0) is 48.0. The van der Waals surface area contributed by atoms with Crippen molar-refractivity contribution in [2.45, 2.75) is 101 Å². The third-order valence-electron chi connectivity index (χ3n) is 11.6. The zero-order valence-electron chi connectivity index (χ0n) is 37.5. The predicted molar refractivity (Wildman–Crippen MR) is 247 cm³/mol. The lowest BCUT2D eigenvalue weighted by Crippen LogP contribution is -2.37. The van der Waals surface area contributed by atoms with Crippen LogP contribution in [0.3, 0.4) is 0 Å². The van der Waals surface area contributed by atoms with Gasteiger partial charge in [0.1, 0.15) is 9.75 Å². The van der Waals surface area contributed by atoms with Crippen LogP contribution in [-0.4, -0.2) is 107 Å². The Hall–Kier alpha value is -5.16. The van der Waals surface area contributed by atoms with Gasteiger partial charge in [-0.25, -0.2) is 9.59 Å². The maximum Gasteiger partial charge on any atom is 0.348 e. The van der Waals surface area contributed by atoms with E-state index in [0.717, 1.165) is 20.9 Å². The van der Waals surface area contributed by atoms with Gasteiger partial charge in [-0.15, -0.1) is 22.7 Å². The standard InChI is InChI=1S/2C25H29F2NO4S/c2*1-17(15-18-7-4-3-5-8-18)21(29)12-10-19-16-25(26,27)24(31)28(19)14-6-9-20-11-13-22(33-20)23(30)32-2/h2*3-5,7-8,10-13,17,19,21,29H,6,9,14-16H2,1-2H3/b2*12-10+/t17-,19-,21+;17-,19-,21-/m00/s1. The van der Waals surface area contributed by atoms with Crippen LogP contribution in [0.4, 0.5) is 17.6 Å². The molecule has 16 heteroatoms. The van der Waals surface area contributed by atoms with Crippen molar-refractivity contribution in [2.24, 2.45) is 11.8 Å². The summed E-state index contributed by atoms with van der Waals surface area (Å²) in [4.78, 5) is 52.8. The summed E-state index contributed by atoms with van der Waals surface area (Å²) in [6.07, 6.45) is 6.74. The molecule has 2 aliphatic heterocycles. The average Bonchev–Trinajstić information content (AvgIpc) is 4.08. The van der Waals surface area contributed by atoms with Gasteiger partial charge in [-0.1, -0.05) is 98.8 Å². The molecule has 10 nitrogen and oxygen atoms in total. The number of methoxy groups -OCH3 is 2. The highest BCUT2D eigenvalue weighted by Crippen LogP contribution is 2.36. The molecule has 2 aliphatic rings. The van der Waals surface area contributed by atoms with Crippen LogP contribution in [0.15, 0.2) is 109 Å². The number of carbonyl (C=O) groups excluding carboxylic acids is 4. The summed E-state index contributed by atoms with van der Waals surface area (Å²) in [6.45, 7) is 4.14. The van der Waals surface area contributed by atoms with Gasteiger partial charge >= 0.3 is 23.8 Å². The Morgan fingerprint density at radius 1 is 0.652 bits per heavy atom. The summed E-state index contributed by atoms with van der Waals surface area (Å²) >= 11 is 2.59. The molecule has 0 aliphatic carbocycles. The summed E-state index contributed by atoms with van der Waals surface area (Å²) in [7, 11) is 2.63. The number of carbonyl (C=O) groups is 4. The molecule has 2 amide bonds. The van der Waals surface area contributed by atoms with Crippen molar-refractivity contribution in [1.29, 1.82) is 0 Å². The van der Waals surface area contributed by atoms with Gasteiger partial charge in [-0.2, -0.15) is 17.6 Å². The van der Waals surface area contributed by atoms with Gasteiger partial charge in [0, 0.05) is 35.7 Å². The first-order valence-electron chi connectivity index (χ1n) is 21.9. The Morgan fingerprint density at radius 2 is 1.02 bits per heavy atom. The summed E-state index contributed by atoms with van der Waals surface area (Å²) in [5.41, 5.74) is 2.18. The van der Waals surface area contributed by atoms with Crippen LogP contribution in [0.2, 0.25) is 0 Å². The number of aliphatic hydroxyl groups excluding tert-OH is 2. The Kier molecular flexibility index (Phi) is 18.9. The second kappa shape index (κ2) is 24.0. The van der Waals surface area contributed by atoms with E-state index in [2.05, 4.69) is 9.47 Å². The van der Waals surface area contributed by atoms with E-state index in [4.69, 9.17) is 0 Å². The quantitative estimate of drug-likeness (QED) is 0.0510. The molecule has 0 saturated carbocycles. The van der Waals surface area contributed by atoms with Crippen LogP contribution in [0.25, 0.3) is 0 Å². The lowest BCUT2D eigenvalue weighted by atomic mass is 9.95. The van der Waals surface area contributed by atoms with E-state index in [1.54, 1.807) is 24.3 Å². The van der Waals surface area contributed by atoms with E-state index < -0.39 is 72.7 Å². The molecule has 4 aromatic rings. The van der Waals surface area contributed by atoms with Crippen LogP contribution in [0, 0.1) is 11.8 Å². The second-order valence-electron chi connectivity index (χ2n) is 16.8. The summed E-state index contributed by atoms with van der Waals surface area (Å²) in [5.74, 6) is -10.2. The molecule has 0 bridgehead atoms. The summed E-state index contributed by atoms with van der Waals surface area (Å²) < 4.78 is 66.0. The molecular weight excluding hydrogens is 897 g/mol. The highest BCUT2D eigenvalue weighted by molar-refractivity contribution is 7.14. The number of hydrogen-bond donors (Lipinski definition) is 2. The molecule has 0 radical (unpaired) electrons. The van der Waals surface area contributed by atoms with Gasteiger partial charge in [-0.3, -0.25) is 9.59 Å². The molecule has 2 fully saturated rings. The number of halogens is 4. The molecule has 0 spiro atoms. The minimum atomic E-state index is -3.41. The summed E-state index contributed by atoms with van der Waals surface area (Å²) in [5, 5.41) is 21.0. The van der Waals surface area contributed by atoms with E-state index in [1.807, 2.05) is 74.5 Å². The molecule has 0 unspecified atom stereocenters. The van der Waals surface area contributed by atoms with Crippen LogP contribution >= 0.6 is 22.7 Å². The molecule has 2 N–H and O–H groups in total. The molecule has 2 saturated heterocycles. The number of benzene rings is 2. The third kappa shape index (κ3) is 14.4. The molecule has 2 aromatic carbocycles. The van der Waals surface area contributed by atoms with Gasteiger partial charge < -0.3 is 29.5 Å². The molecule has 6 rings (SSSR count). The first kappa shape index (κ1) is 51.8. The Balaban J connectivity index is 0.000000247. The molecular formula is C50H58F4N2O8S2. The molecule has 66 heavy (non-hydrogen) atoms. The number of hydrogen-bond acceptors (Lipinski definition) is 10. The van der Waals surface area contributed by atoms with E-state index in [9.17, 15) is 47.0 Å². The number of likely N-dealkylation sites (tertiary alicyclic amines) is 2. The number of rotatable bonds is 20. The first-order valence-corrected chi connectivity index (χ1v) is 23.6. The highest BCUT2D eigenvalue weighted by Gasteiger charge is 2.53. The predicted octanol–water partition coefficient (Wildman–Crippen LogP) is 9.00. The first-order chi connectivity index (χ1) is 31.4. The van der Waals surface area contributed by atoms with Crippen LogP contribution in [0.1, 0.15) is 79.8 Å². The number of ether oxygens (including phenoxy) is 2. The minimum Gasteiger partial charge on any atom is -0.465 e. The van der Waals surface area contributed by atoms with Crippen molar-refractivity contribution < 1.29 is 56.4 Å². The third-order valence-corrected chi connectivity index (χ3v) is 13.9. The van der Waals surface area contributed by atoms with Crippen molar-refractivity contribution in [3.8, 4) is 0 Å². The van der Waals surface area contributed by atoms with Gasteiger partial charge in [0.15, 0.2) is 0 Å². The Labute approximate surface area is 391 Å². The summed E-state index contributed by atoms with van der Waals surface area (Å²) in [6, 6.07) is 24.9. The molecule has 4 heterocycles. The van der Waals surface area contributed by atoms with Crippen molar-refractivity contribution in [3.63, 3.8) is 0 Å². The van der Waals surface area contributed by atoms with E-state index in [-0.39, 0.29) is 24.9 Å². The van der Waals surface area contributed by atoms with Crippen LogP contribution in [-0.2, 0) is 44.7 Å². The van der Waals surface area contributed by atoms with Crippen molar-refractivity contribution in [3.05, 3.63) is 140 Å². The Morgan fingerprint density at radius 3 is 1.36 bits per heavy atom. The number of alkyl halides is 4. The number of amides is 2. The fourth-order valence-electron chi connectivity index (χ4n) is 7.89. The number of aryl methyl sites for hydroxylation is 2. The average molecular weight is 955 g/mol. The maximum atomic E-state index is 14.2. The van der Waals surface area contributed by atoms with Gasteiger partial charge in [0.25, 0.3) is 11.8 Å². The topological polar surface area (TPSA) is 134 Å². The highest BCUT2D eigenvalue weighted by atomic mass is 32.1. The van der Waals surface area contributed by atoms with E-state index in [0.29, 0.717) is 48.3 Å². The largest absolute Gasteiger partial charge is 0.465 e. The van der Waals surface area contributed by atoms with Crippen LogP contribution < -0.4 is 0 Å². The fraction of sp³-hybridized carbons (Fsp3) is 0.440. The molecule has 356 valence electrons. The Bertz CT molecular complexity index is 2110. The van der Waals surface area contributed by atoms with Gasteiger partial charge in [0.05, 0.1) is 38.5 Å². The zero-order valence-corrected chi connectivity index (χ0v) is 39.1. The fourth-order valence-corrected chi connectivity index (χ4v) is 9.82. The maximum absolute atomic E-state index is 14.2. The number of aliphatic hydroxyl groups is 2. The van der Waals surface area contributed by atoms with E-state index >= 15 is 0 Å². The molecule has 6 atom stereocenters. The van der Waals surface area contributed by atoms with Gasteiger partial charge in [-0.05, 0) is 85.8 Å². The van der Waals surface area contributed by atoms with Crippen molar-refractivity contribution in [1.82, 2.24) is 9.80 Å². The smallest absolute Gasteiger partial charge is 0.348 e. The van der Waals surface area contributed by atoms with Crippen molar-refractivity contribution in [2.75, 3.05) is 27.3 Å². The van der Waals surface area contributed by atoms with Crippen molar-refractivity contribution >= 4 is 46.4 Å². The second-order valence-corrected chi connectivity index (χ2v) is 19.1. The lowest BCUT2D eigenvalue weighted by molar-refractivity contribution is -0.148. The SMILES string of the molecule is COC(=O)c1ccc(CCCN2C(=O)C(F)(F)C[C@@H]2/C=C/[C@@H](O)[C@@H](C)Cc2ccccc2)s1.COC(=O)c1ccc(CCCN2C(=O)C(F)(F)C[C@@H]2/C=C/[C@H](O)[C@@H](C)Cc2ccccc2)s1. The number of esters is 2. The number of nitrogens with zero attached hydrogens (tertiary/aromatic N) is 2. The molecule has 2 aromatic heterocycles. The van der Waals surface area contributed by atoms with Gasteiger partial charge in [0.2, 0.25) is 0 Å².